The molecule has 1 fully saturated rings. The molecule has 0 aromatic heterocycles. The second-order valence-electron chi connectivity index (χ2n) is 7.93. The summed E-state index contributed by atoms with van der Waals surface area (Å²) in [5.74, 6) is 0. The van der Waals surface area contributed by atoms with Crippen LogP contribution in [-0.4, -0.2) is 40.1 Å². The third kappa shape index (κ3) is 5.65. The van der Waals surface area contributed by atoms with E-state index in [1.807, 2.05) is 27.7 Å². The van der Waals surface area contributed by atoms with Crippen molar-refractivity contribution in [2.45, 2.75) is 96.9 Å². The van der Waals surface area contributed by atoms with Crippen LogP contribution in [0.15, 0.2) is 11.6 Å². The molecule has 0 aromatic carbocycles. The lowest BCUT2D eigenvalue weighted by Crippen LogP contribution is -2.60. The average Bonchev–Trinajstić information content (AvgIpc) is 2.40. The van der Waals surface area contributed by atoms with Crippen LogP contribution in [0.25, 0.3) is 0 Å². The van der Waals surface area contributed by atoms with Crippen LogP contribution < -0.4 is 0 Å². The molecule has 1 saturated heterocycles. The van der Waals surface area contributed by atoms with Gasteiger partial charge in [0.05, 0.1) is 18.8 Å². The number of rotatable bonds is 7. The van der Waals surface area contributed by atoms with Gasteiger partial charge in [-0.25, -0.2) is 0 Å². The van der Waals surface area contributed by atoms with E-state index in [2.05, 4.69) is 19.9 Å². The molecule has 1 N–H and O–H groups in total. The van der Waals surface area contributed by atoms with E-state index in [1.165, 1.54) is 10.6 Å². The first-order chi connectivity index (χ1) is 10.1. The lowest BCUT2D eigenvalue weighted by atomic mass is 9.80. The Balaban J connectivity index is 2.43. The van der Waals surface area contributed by atoms with Gasteiger partial charge in [-0.1, -0.05) is 18.6 Å². The van der Waals surface area contributed by atoms with Gasteiger partial charge in [0, 0.05) is 11.1 Å². The largest absolute Gasteiger partial charge is 0.391 e. The van der Waals surface area contributed by atoms with Crippen molar-refractivity contribution >= 4 is 0 Å². The van der Waals surface area contributed by atoms with Crippen LogP contribution in [0.4, 0.5) is 0 Å². The monoisotopic (exact) mass is 312 g/mol. The summed E-state index contributed by atoms with van der Waals surface area (Å²) in [5, 5.41) is 23.6. The fraction of sp³-hybridized carbons (Fsp3) is 0.889. The minimum absolute atomic E-state index is 0.0390. The fourth-order valence-electron chi connectivity index (χ4n) is 3.46. The second-order valence-corrected chi connectivity index (χ2v) is 7.93. The maximum atomic E-state index is 12.3. The predicted octanol–water partition coefficient (Wildman–Crippen LogP) is 3.87. The van der Waals surface area contributed by atoms with Crippen LogP contribution in [-0.2, 0) is 9.94 Å². The van der Waals surface area contributed by atoms with Crippen molar-refractivity contribution in [1.29, 1.82) is 0 Å². The van der Waals surface area contributed by atoms with Crippen molar-refractivity contribution in [3.63, 3.8) is 0 Å². The fourth-order valence-corrected chi connectivity index (χ4v) is 3.46. The normalized spacial score (nSPS) is 24.5. The minimum Gasteiger partial charge on any atom is -0.391 e. The number of nitrogens with zero attached hydrogens (tertiary/aromatic N) is 1. The number of allylic oxidation sites excluding steroid dienone is 2. The number of piperidine rings is 1. The van der Waals surface area contributed by atoms with Gasteiger partial charge in [-0.05, 0) is 66.7 Å². The third-order valence-electron chi connectivity index (χ3n) is 4.50. The van der Waals surface area contributed by atoms with E-state index in [-0.39, 0.29) is 6.10 Å². The van der Waals surface area contributed by atoms with Crippen molar-refractivity contribution in [2.24, 2.45) is 0 Å². The summed E-state index contributed by atoms with van der Waals surface area (Å²) in [4.78, 5) is 0. The molecule has 1 aliphatic rings. The molecule has 1 radical (unpaired) electrons. The van der Waals surface area contributed by atoms with Crippen LogP contribution >= 0.6 is 0 Å². The van der Waals surface area contributed by atoms with E-state index in [4.69, 9.17) is 4.74 Å². The molecule has 0 aromatic rings. The Bertz CT molecular complexity index is 359. The van der Waals surface area contributed by atoms with E-state index >= 15 is 0 Å². The number of aliphatic hydroxyl groups is 1. The molecule has 1 unspecified atom stereocenters. The number of hydroxylamine groups is 2. The molecule has 22 heavy (non-hydrogen) atoms. The first kappa shape index (κ1) is 19.6. The Labute approximate surface area is 136 Å². The molecule has 0 amide bonds. The van der Waals surface area contributed by atoms with E-state index < -0.39 is 17.2 Å². The Kier molecular flexibility index (Phi) is 7.06. The van der Waals surface area contributed by atoms with Crippen LogP contribution in [0, 0.1) is 0 Å². The highest BCUT2D eigenvalue weighted by Gasteiger charge is 2.46. The summed E-state index contributed by atoms with van der Waals surface area (Å²) in [5.41, 5.74) is 0.485. The molecule has 0 spiro atoms. The van der Waals surface area contributed by atoms with Gasteiger partial charge >= 0.3 is 0 Å². The minimum atomic E-state index is -0.434. The van der Waals surface area contributed by atoms with Gasteiger partial charge in [-0.3, -0.25) is 0 Å². The smallest absolute Gasteiger partial charge is 0.0776 e. The summed E-state index contributed by atoms with van der Waals surface area (Å²) in [6.45, 7) is 12.4. The van der Waals surface area contributed by atoms with Crippen molar-refractivity contribution in [3.8, 4) is 0 Å². The van der Waals surface area contributed by atoms with Crippen molar-refractivity contribution in [1.82, 2.24) is 5.06 Å². The molecule has 1 heterocycles. The molecular formula is C18H34NO3. The summed E-state index contributed by atoms with van der Waals surface area (Å²) in [6, 6.07) is 0. The lowest BCUT2D eigenvalue weighted by molar-refractivity contribution is -0.301. The van der Waals surface area contributed by atoms with Gasteiger partial charge in [0.1, 0.15) is 0 Å². The number of aliphatic hydroxyl groups excluding tert-OH is 1. The average molecular weight is 312 g/mol. The topological polar surface area (TPSA) is 52.6 Å². The summed E-state index contributed by atoms with van der Waals surface area (Å²) in [7, 11) is 0. The highest BCUT2D eigenvalue weighted by Crippen LogP contribution is 2.38. The molecule has 1 rings (SSSR count). The number of hydrogen-bond acceptors (Lipinski definition) is 3. The molecule has 1 atom stereocenters. The third-order valence-corrected chi connectivity index (χ3v) is 4.50. The van der Waals surface area contributed by atoms with Crippen molar-refractivity contribution < 1.29 is 15.1 Å². The van der Waals surface area contributed by atoms with Crippen molar-refractivity contribution in [3.05, 3.63) is 11.6 Å². The first-order valence-electron chi connectivity index (χ1n) is 8.51. The van der Waals surface area contributed by atoms with Crippen LogP contribution in [0.2, 0.25) is 0 Å². The molecule has 4 heteroatoms. The molecule has 0 aliphatic carbocycles. The Morgan fingerprint density at radius 2 is 1.86 bits per heavy atom. The van der Waals surface area contributed by atoms with E-state index in [0.29, 0.717) is 19.4 Å². The summed E-state index contributed by atoms with van der Waals surface area (Å²) < 4.78 is 5.92. The molecule has 129 valence electrons. The van der Waals surface area contributed by atoms with Gasteiger partial charge in [-0.2, -0.15) is 0 Å². The zero-order valence-corrected chi connectivity index (χ0v) is 15.2. The van der Waals surface area contributed by atoms with Crippen LogP contribution in [0.1, 0.15) is 73.6 Å². The van der Waals surface area contributed by atoms with Crippen LogP contribution in [0.5, 0.6) is 0 Å². The molecule has 1 aliphatic heterocycles. The predicted molar refractivity (Wildman–Crippen MR) is 88.9 cm³/mol. The molecule has 4 nitrogen and oxygen atoms in total. The SMILES string of the molecule is CC/C=C(/C)CCC(O)COC1CC(C)(C)N([O])C(C)(C)C1. The summed E-state index contributed by atoms with van der Waals surface area (Å²) in [6.07, 6.45) is 5.90. The van der Waals surface area contributed by atoms with Gasteiger partial charge in [0.25, 0.3) is 0 Å². The number of hydrogen-bond donors (Lipinski definition) is 1. The summed E-state index contributed by atoms with van der Waals surface area (Å²) >= 11 is 0. The standard InChI is InChI=1S/C18H34NO3/c1-7-8-14(2)9-10-15(20)13-22-16-11-17(3,4)19(21)18(5,6)12-16/h8,15-16,20H,7,9-13H2,1-6H3/b14-8-. The highest BCUT2D eigenvalue weighted by atomic mass is 16.5. The molecular weight excluding hydrogens is 278 g/mol. The van der Waals surface area contributed by atoms with Gasteiger partial charge < -0.3 is 9.84 Å². The van der Waals surface area contributed by atoms with E-state index in [9.17, 15) is 10.3 Å². The Hall–Kier alpha value is -0.420. The Morgan fingerprint density at radius 3 is 2.36 bits per heavy atom. The Morgan fingerprint density at radius 1 is 1.32 bits per heavy atom. The quantitative estimate of drug-likeness (QED) is 0.726. The van der Waals surface area contributed by atoms with Gasteiger partial charge in [-0.15, -0.1) is 10.3 Å². The zero-order chi connectivity index (χ0) is 17.0. The van der Waals surface area contributed by atoms with Crippen molar-refractivity contribution in [2.75, 3.05) is 6.61 Å². The maximum Gasteiger partial charge on any atom is 0.0776 e. The van der Waals surface area contributed by atoms with Gasteiger partial charge in [0.15, 0.2) is 0 Å². The maximum absolute atomic E-state index is 12.3. The second kappa shape index (κ2) is 7.91. The zero-order valence-electron chi connectivity index (χ0n) is 15.2. The lowest BCUT2D eigenvalue weighted by Gasteiger charge is -2.49. The van der Waals surface area contributed by atoms with Crippen LogP contribution in [0.3, 0.4) is 0 Å². The first-order valence-corrected chi connectivity index (χ1v) is 8.51. The van der Waals surface area contributed by atoms with Gasteiger partial charge in [0.2, 0.25) is 0 Å². The highest BCUT2D eigenvalue weighted by molar-refractivity contribution is 4.98. The number of ether oxygens (including phenoxy) is 1. The van der Waals surface area contributed by atoms with E-state index in [1.54, 1.807) is 0 Å². The molecule has 0 bridgehead atoms. The molecule has 0 saturated carbocycles. The van der Waals surface area contributed by atoms with E-state index in [0.717, 1.165) is 19.3 Å².